The fourth-order valence-corrected chi connectivity index (χ4v) is 3.28. The van der Waals surface area contributed by atoms with E-state index in [0.717, 1.165) is 17.7 Å². The van der Waals surface area contributed by atoms with E-state index in [2.05, 4.69) is 21.7 Å². The molecule has 0 bridgehead atoms. The second-order valence-electron chi connectivity index (χ2n) is 6.49. The van der Waals surface area contributed by atoms with Crippen LogP contribution in [0.4, 0.5) is 0 Å². The Labute approximate surface area is 186 Å². The summed E-state index contributed by atoms with van der Waals surface area (Å²) >= 11 is 1.68. The van der Waals surface area contributed by atoms with Crippen molar-refractivity contribution in [1.82, 2.24) is 10.6 Å². The quantitative estimate of drug-likeness (QED) is 0.242. The molecule has 3 rings (SSSR count). The third-order valence-electron chi connectivity index (χ3n) is 4.21. The maximum Gasteiger partial charge on any atom is 0.191 e. The molecular formula is C21H26IN3O2S. The topological polar surface area (TPSA) is 69.8 Å². The predicted octanol–water partition coefficient (Wildman–Crippen LogP) is 4.14. The molecule has 0 radical (unpaired) electrons. The average molecular weight is 511 g/mol. The lowest BCUT2D eigenvalue weighted by Crippen LogP contribution is -2.45. The van der Waals surface area contributed by atoms with Crippen molar-refractivity contribution in [2.75, 3.05) is 13.1 Å². The lowest BCUT2D eigenvalue weighted by atomic mass is 9.96. The molecule has 3 aromatic rings. The van der Waals surface area contributed by atoms with E-state index in [4.69, 9.17) is 4.42 Å². The fraction of sp³-hybridized carbons (Fsp3) is 0.286. The maximum absolute atomic E-state index is 10.8. The molecule has 0 fully saturated rings. The zero-order chi connectivity index (χ0) is 19.0. The van der Waals surface area contributed by atoms with Crippen LogP contribution in [0.1, 0.15) is 23.1 Å². The van der Waals surface area contributed by atoms with Gasteiger partial charge in [-0.1, -0.05) is 36.4 Å². The molecule has 2 heterocycles. The molecule has 1 aromatic carbocycles. The summed E-state index contributed by atoms with van der Waals surface area (Å²) in [6.45, 7) is 3.45. The maximum atomic E-state index is 10.8. The number of thiophene rings is 1. The number of hydrogen-bond donors (Lipinski definition) is 3. The minimum Gasteiger partial charge on any atom is -0.469 e. The van der Waals surface area contributed by atoms with Gasteiger partial charge in [-0.3, -0.25) is 0 Å². The first kappa shape index (κ1) is 22.4. The molecule has 0 aliphatic rings. The second kappa shape index (κ2) is 11.2. The average Bonchev–Trinajstić information content (AvgIpc) is 3.38. The number of benzene rings is 1. The highest BCUT2D eigenvalue weighted by molar-refractivity contribution is 14.0. The standard InChI is InChI=1S/C21H25N3O2S.HI/c1-21(25,17-7-3-2-4-8-17)16-24-20(23-15-19-10-6-14-27-19)22-12-11-18-9-5-13-26-18;/h2-10,13-14,25H,11-12,15-16H2,1H3,(H2,22,23,24);1H. The molecule has 0 aliphatic carbocycles. The Kier molecular flexibility index (Phi) is 9.01. The minimum absolute atomic E-state index is 0. The van der Waals surface area contributed by atoms with Crippen LogP contribution in [0.15, 0.2) is 75.7 Å². The molecule has 0 saturated heterocycles. The number of aliphatic hydroxyl groups is 1. The lowest BCUT2D eigenvalue weighted by molar-refractivity contribution is 0.0617. The van der Waals surface area contributed by atoms with Gasteiger partial charge in [-0.05, 0) is 36.1 Å². The van der Waals surface area contributed by atoms with Crippen molar-refractivity contribution in [3.8, 4) is 0 Å². The van der Waals surface area contributed by atoms with Gasteiger partial charge in [-0.15, -0.1) is 35.3 Å². The van der Waals surface area contributed by atoms with Crippen LogP contribution in [0.2, 0.25) is 0 Å². The van der Waals surface area contributed by atoms with Crippen molar-refractivity contribution in [3.63, 3.8) is 0 Å². The summed E-state index contributed by atoms with van der Waals surface area (Å²) in [7, 11) is 0. The Morgan fingerprint density at radius 2 is 1.93 bits per heavy atom. The summed E-state index contributed by atoms with van der Waals surface area (Å²) in [4.78, 5) is 5.84. The van der Waals surface area contributed by atoms with Crippen molar-refractivity contribution in [1.29, 1.82) is 0 Å². The zero-order valence-corrected chi connectivity index (χ0v) is 18.9. The van der Waals surface area contributed by atoms with Crippen LogP contribution in [0.25, 0.3) is 0 Å². The fourth-order valence-electron chi connectivity index (χ4n) is 2.65. The Morgan fingerprint density at radius 1 is 1.11 bits per heavy atom. The van der Waals surface area contributed by atoms with Gasteiger partial charge in [0.15, 0.2) is 5.96 Å². The predicted molar refractivity (Wildman–Crippen MR) is 125 cm³/mol. The highest BCUT2D eigenvalue weighted by Crippen LogP contribution is 2.19. The van der Waals surface area contributed by atoms with E-state index in [-0.39, 0.29) is 24.0 Å². The van der Waals surface area contributed by atoms with Gasteiger partial charge in [0.2, 0.25) is 0 Å². The van der Waals surface area contributed by atoms with Crippen molar-refractivity contribution < 1.29 is 9.52 Å². The first-order valence-electron chi connectivity index (χ1n) is 8.98. The minimum atomic E-state index is -0.992. The molecule has 5 nitrogen and oxygen atoms in total. The molecule has 0 amide bonds. The summed E-state index contributed by atoms with van der Waals surface area (Å²) in [5.74, 6) is 1.60. The van der Waals surface area contributed by atoms with Crippen LogP contribution in [0, 0.1) is 0 Å². The number of rotatable bonds is 8. The van der Waals surface area contributed by atoms with E-state index in [1.165, 1.54) is 4.88 Å². The van der Waals surface area contributed by atoms with Crippen molar-refractivity contribution in [2.24, 2.45) is 4.99 Å². The summed E-state index contributed by atoms with van der Waals surface area (Å²) in [6.07, 6.45) is 2.44. The van der Waals surface area contributed by atoms with Crippen LogP contribution in [-0.4, -0.2) is 24.2 Å². The molecular weight excluding hydrogens is 485 g/mol. The Balaban J connectivity index is 0.00000280. The number of aliphatic imine (C=N–C) groups is 1. The van der Waals surface area contributed by atoms with Gasteiger partial charge in [0, 0.05) is 17.8 Å². The van der Waals surface area contributed by atoms with Crippen LogP contribution >= 0.6 is 35.3 Å². The Hall–Kier alpha value is -1.84. The summed E-state index contributed by atoms with van der Waals surface area (Å²) in [5.41, 5.74) is -0.126. The van der Waals surface area contributed by atoms with Gasteiger partial charge >= 0.3 is 0 Å². The molecule has 0 saturated carbocycles. The van der Waals surface area contributed by atoms with Gasteiger partial charge in [0.25, 0.3) is 0 Å². The Morgan fingerprint density at radius 3 is 2.61 bits per heavy atom. The molecule has 7 heteroatoms. The molecule has 0 aliphatic heterocycles. The van der Waals surface area contributed by atoms with Crippen molar-refractivity contribution in [3.05, 3.63) is 82.4 Å². The van der Waals surface area contributed by atoms with Crippen LogP contribution < -0.4 is 10.6 Å². The zero-order valence-electron chi connectivity index (χ0n) is 15.8. The highest BCUT2D eigenvalue weighted by Gasteiger charge is 2.23. The monoisotopic (exact) mass is 511 g/mol. The summed E-state index contributed by atoms with van der Waals surface area (Å²) in [6, 6.07) is 17.6. The van der Waals surface area contributed by atoms with Gasteiger partial charge < -0.3 is 20.2 Å². The molecule has 0 spiro atoms. The van der Waals surface area contributed by atoms with E-state index in [9.17, 15) is 5.11 Å². The number of hydrogen-bond acceptors (Lipinski definition) is 4. The first-order chi connectivity index (χ1) is 13.1. The lowest BCUT2D eigenvalue weighted by Gasteiger charge is -2.25. The van der Waals surface area contributed by atoms with Crippen LogP contribution in [-0.2, 0) is 18.6 Å². The van der Waals surface area contributed by atoms with E-state index < -0.39 is 5.60 Å². The molecule has 1 atom stereocenters. The number of nitrogens with zero attached hydrogens (tertiary/aromatic N) is 1. The number of halogens is 1. The third kappa shape index (κ3) is 6.96. The molecule has 1 unspecified atom stereocenters. The second-order valence-corrected chi connectivity index (χ2v) is 7.53. The molecule has 150 valence electrons. The highest BCUT2D eigenvalue weighted by atomic mass is 127. The van der Waals surface area contributed by atoms with Gasteiger partial charge in [0.05, 0.1) is 19.4 Å². The summed E-state index contributed by atoms with van der Waals surface area (Å²) in [5, 5.41) is 19.4. The van der Waals surface area contributed by atoms with E-state index in [1.807, 2.05) is 53.9 Å². The molecule has 2 aromatic heterocycles. The van der Waals surface area contributed by atoms with Crippen molar-refractivity contribution >= 4 is 41.3 Å². The van der Waals surface area contributed by atoms with Gasteiger partial charge in [-0.25, -0.2) is 4.99 Å². The SMILES string of the molecule is CC(O)(CNC(=NCc1cccs1)NCCc1ccco1)c1ccccc1.I. The van der Waals surface area contributed by atoms with Crippen LogP contribution in [0.5, 0.6) is 0 Å². The number of guanidine groups is 1. The van der Waals surface area contributed by atoms with Gasteiger partial charge in [0.1, 0.15) is 11.4 Å². The van der Waals surface area contributed by atoms with Crippen LogP contribution in [0.3, 0.4) is 0 Å². The number of furan rings is 1. The normalized spacial score (nSPS) is 13.4. The van der Waals surface area contributed by atoms with Crippen molar-refractivity contribution in [2.45, 2.75) is 25.5 Å². The third-order valence-corrected chi connectivity index (χ3v) is 5.07. The molecule has 3 N–H and O–H groups in total. The van der Waals surface area contributed by atoms with E-state index >= 15 is 0 Å². The first-order valence-corrected chi connectivity index (χ1v) is 9.86. The van der Waals surface area contributed by atoms with Gasteiger partial charge in [-0.2, -0.15) is 0 Å². The number of nitrogens with one attached hydrogen (secondary N) is 2. The summed E-state index contributed by atoms with van der Waals surface area (Å²) < 4.78 is 5.37. The smallest absolute Gasteiger partial charge is 0.191 e. The Bertz CT molecular complexity index is 819. The van der Waals surface area contributed by atoms with E-state index in [1.54, 1.807) is 24.5 Å². The van der Waals surface area contributed by atoms with E-state index in [0.29, 0.717) is 25.6 Å². The molecule has 28 heavy (non-hydrogen) atoms. The largest absolute Gasteiger partial charge is 0.469 e.